The fourth-order valence-corrected chi connectivity index (χ4v) is 1.82. The van der Waals surface area contributed by atoms with Gasteiger partial charge in [-0.3, -0.25) is 4.98 Å². The first kappa shape index (κ1) is 21.7. The van der Waals surface area contributed by atoms with Crippen molar-refractivity contribution < 1.29 is 35.1 Å². The van der Waals surface area contributed by atoms with Crippen LogP contribution in [-0.4, -0.2) is 39.5 Å². The number of rotatable bonds is 4. The summed E-state index contributed by atoms with van der Waals surface area (Å²) in [6.07, 6.45) is 1.44. The molecule has 0 aliphatic carbocycles. The molecule has 2 N–H and O–H groups in total. The third-order valence-electron chi connectivity index (χ3n) is 2.70. The van der Waals surface area contributed by atoms with Crippen molar-refractivity contribution in [3.63, 3.8) is 0 Å². The Labute approximate surface area is 151 Å². The Morgan fingerprint density at radius 3 is 2.30 bits per heavy atom. The van der Waals surface area contributed by atoms with Gasteiger partial charge in [-0.05, 0) is 27.2 Å². The molecule has 2 rings (SSSR count). The number of nitrogens with zero attached hydrogens (tertiary/aromatic N) is 2. The molecule has 2 unspecified atom stereocenters. The number of aromatic nitrogens is 2. The predicted octanol–water partition coefficient (Wildman–Crippen LogP) is 2.40. The first-order valence-electron chi connectivity index (χ1n) is 7.15. The molecular weight excluding hydrogens is 472 g/mol. The van der Waals surface area contributed by atoms with Gasteiger partial charge in [0.05, 0.1) is 25.0 Å². The molecule has 23 heavy (non-hydrogen) atoms. The summed E-state index contributed by atoms with van der Waals surface area (Å²) in [7, 11) is 1.59. The van der Waals surface area contributed by atoms with E-state index in [1.54, 1.807) is 27.2 Å². The number of aliphatic hydroxyl groups is 2. The zero-order chi connectivity index (χ0) is 16.5. The SMILES string of the molecule is CC(O)CC(C)O.COc1nc(C)cnc1-c1[c-]cccc1.[Ir]. The molecule has 5 nitrogen and oxygen atoms in total. The molecule has 1 radical (unpaired) electrons. The van der Waals surface area contributed by atoms with Crippen LogP contribution in [0.2, 0.25) is 0 Å². The molecule has 1 aromatic carbocycles. The normalized spacial score (nSPS) is 12.3. The molecule has 0 saturated heterocycles. The van der Waals surface area contributed by atoms with Crippen LogP contribution in [0.3, 0.4) is 0 Å². The standard InChI is InChI=1S/C12H11N2O.C5H12O2.Ir/c1-9-8-13-11(12(14-9)15-2)10-6-4-3-5-7-10;1-4(6)3-5(2)7;/h3-6,8H,1-2H3;4-7H,3H2,1-2H3;/q-1;;. The van der Waals surface area contributed by atoms with Gasteiger partial charge in [0, 0.05) is 32.0 Å². The Hall–Kier alpha value is -1.33. The van der Waals surface area contributed by atoms with E-state index in [9.17, 15) is 0 Å². The Morgan fingerprint density at radius 2 is 1.87 bits per heavy atom. The molecule has 0 spiro atoms. The quantitative estimate of drug-likeness (QED) is 0.638. The zero-order valence-corrected chi connectivity index (χ0v) is 16.2. The van der Waals surface area contributed by atoms with E-state index in [-0.39, 0.29) is 32.3 Å². The topological polar surface area (TPSA) is 75.5 Å². The van der Waals surface area contributed by atoms with Gasteiger partial charge >= 0.3 is 0 Å². The van der Waals surface area contributed by atoms with Gasteiger partial charge < -0.3 is 14.9 Å². The Bertz CT molecular complexity index is 557. The van der Waals surface area contributed by atoms with Crippen molar-refractivity contribution >= 4 is 0 Å². The van der Waals surface area contributed by atoms with E-state index in [4.69, 9.17) is 14.9 Å². The summed E-state index contributed by atoms with van der Waals surface area (Å²) in [5.74, 6) is 0.539. The van der Waals surface area contributed by atoms with Crippen LogP contribution in [0.1, 0.15) is 26.0 Å². The largest absolute Gasteiger partial charge is 0.486 e. The van der Waals surface area contributed by atoms with Crippen molar-refractivity contribution in [1.82, 2.24) is 9.97 Å². The molecule has 1 heterocycles. The molecule has 129 valence electrons. The third-order valence-corrected chi connectivity index (χ3v) is 2.70. The van der Waals surface area contributed by atoms with Gasteiger partial charge in [-0.2, -0.15) is 0 Å². The second-order valence-electron chi connectivity index (χ2n) is 5.08. The number of aryl methyl sites for hydroxylation is 1. The van der Waals surface area contributed by atoms with Crippen LogP contribution in [0.5, 0.6) is 5.88 Å². The summed E-state index contributed by atoms with van der Waals surface area (Å²) in [5.41, 5.74) is 2.46. The smallest absolute Gasteiger partial charge is 0.194 e. The van der Waals surface area contributed by atoms with Gasteiger partial charge in [-0.15, -0.1) is 35.9 Å². The molecule has 2 aromatic rings. The molecule has 6 heteroatoms. The summed E-state index contributed by atoms with van der Waals surface area (Å²) in [6, 6.07) is 10.7. The fourth-order valence-electron chi connectivity index (χ4n) is 1.82. The van der Waals surface area contributed by atoms with Crippen LogP contribution in [0.25, 0.3) is 11.3 Å². The van der Waals surface area contributed by atoms with Crippen molar-refractivity contribution in [1.29, 1.82) is 0 Å². The Kier molecular flexibility index (Phi) is 10.6. The predicted molar refractivity (Wildman–Crippen MR) is 85.6 cm³/mol. The molecule has 0 saturated carbocycles. The molecule has 1 aromatic heterocycles. The number of ether oxygens (including phenoxy) is 1. The minimum atomic E-state index is -0.375. The number of methoxy groups -OCH3 is 1. The monoisotopic (exact) mass is 496 g/mol. The minimum Gasteiger partial charge on any atom is -0.486 e. The molecule has 0 aliphatic heterocycles. The summed E-state index contributed by atoms with van der Waals surface area (Å²) in [5, 5.41) is 17.1. The minimum absolute atomic E-state index is 0. The van der Waals surface area contributed by atoms with Crippen LogP contribution in [0, 0.1) is 13.0 Å². The zero-order valence-electron chi connectivity index (χ0n) is 13.8. The average molecular weight is 496 g/mol. The van der Waals surface area contributed by atoms with Crippen molar-refractivity contribution in [3.05, 3.63) is 42.2 Å². The van der Waals surface area contributed by atoms with Crippen LogP contribution in [0.4, 0.5) is 0 Å². The Morgan fingerprint density at radius 1 is 1.22 bits per heavy atom. The molecule has 0 amide bonds. The van der Waals surface area contributed by atoms with Gasteiger partial charge in [0.1, 0.15) is 0 Å². The second kappa shape index (κ2) is 11.2. The number of hydrogen-bond acceptors (Lipinski definition) is 5. The van der Waals surface area contributed by atoms with Crippen LogP contribution < -0.4 is 4.74 Å². The number of aliphatic hydroxyl groups excluding tert-OH is 2. The maximum absolute atomic E-state index is 8.56. The van der Waals surface area contributed by atoms with Crippen LogP contribution in [-0.2, 0) is 20.1 Å². The van der Waals surface area contributed by atoms with Crippen molar-refractivity contribution in [3.8, 4) is 17.1 Å². The molecule has 0 fully saturated rings. The van der Waals surface area contributed by atoms with Crippen LogP contribution in [0.15, 0.2) is 30.5 Å². The van der Waals surface area contributed by atoms with Gasteiger partial charge in [-0.1, -0.05) is 0 Å². The van der Waals surface area contributed by atoms with E-state index in [1.165, 1.54) is 0 Å². The third kappa shape index (κ3) is 8.18. The van der Waals surface area contributed by atoms with Gasteiger partial charge in [-0.25, -0.2) is 4.98 Å². The summed E-state index contributed by atoms with van der Waals surface area (Å²) >= 11 is 0. The maximum atomic E-state index is 8.56. The maximum Gasteiger partial charge on any atom is 0.194 e. The van der Waals surface area contributed by atoms with E-state index in [1.807, 2.05) is 31.2 Å². The first-order chi connectivity index (χ1) is 10.4. The average Bonchev–Trinajstić information content (AvgIpc) is 2.47. The second-order valence-corrected chi connectivity index (χ2v) is 5.08. The molecule has 0 bridgehead atoms. The van der Waals surface area contributed by atoms with Crippen molar-refractivity contribution in [2.45, 2.75) is 39.4 Å². The fraction of sp³-hybridized carbons (Fsp3) is 0.412. The van der Waals surface area contributed by atoms with Crippen LogP contribution >= 0.6 is 0 Å². The van der Waals surface area contributed by atoms with Crippen molar-refractivity contribution in [2.75, 3.05) is 7.11 Å². The Balaban J connectivity index is 0.000000522. The van der Waals surface area contributed by atoms with E-state index in [0.29, 0.717) is 12.3 Å². The molecule has 2 atom stereocenters. The van der Waals surface area contributed by atoms with Gasteiger partial charge in [0.15, 0.2) is 5.88 Å². The molecule has 0 aliphatic rings. The number of hydrogen-bond donors (Lipinski definition) is 2. The first-order valence-corrected chi connectivity index (χ1v) is 7.15. The van der Waals surface area contributed by atoms with E-state index in [0.717, 1.165) is 17.0 Å². The van der Waals surface area contributed by atoms with Crippen molar-refractivity contribution in [2.24, 2.45) is 0 Å². The van der Waals surface area contributed by atoms with Gasteiger partial charge in [0.25, 0.3) is 0 Å². The van der Waals surface area contributed by atoms with E-state index < -0.39 is 0 Å². The van der Waals surface area contributed by atoms with Gasteiger partial charge in [0.2, 0.25) is 0 Å². The summed E-state index contributed by atoms with van der Waals surface area (Å²) < 4.78 is 5.19. The summed E-state index contributed by atoms with van der Waals surface area (Å²) in [4.78, 5) is 8.56. The summed E-state index contributed by atoms with van der Waals surface area (Å²) in [6.45, 7) is 5.20. The molecular formula is C17H23IrN2O3-. The van der Waals surface area contributed by atoms with E-state index in [2.05, 4.69) is 16.0 Å². The number of benzene rings is 1. The van der Waals surface area contributed by atoms with E-state index >= 15 is 0 Å².